The number of hydrogen-bond acceptors (Lipinski definition) is 4. The summed E-state index contributed by atoms with van der Waals surface area (Å²) >= 11 is 0. The second kappa shape index (κ2) is 5.33. The van der Waals surface area contributed by atoms with Crippen LogP contribution in [-0.2, 0) is 12.5 Å². The van der Waals surface area contributed by atoms with Gasteiger partial charge >= 0.3 is 0 Å². The number of rotatable bonds is 2. The molecule has 1 fully saturated rings. The Bertz CT molecular complexity index is 869. The van der Waals surface area contributed by atoms with Gasteiger partial charge in [0.25, 0.3) is 0 Å². The number of fused-ring (bicyclic) bond motifs is 1. The van der Waals surface area contributed by atoms with Gasteiger partial charge in [-0.1, -0.05) is 20.8 Å². The highest BCUT2D eigenvalue weighted by molar-refractivity contribution is 5.70. The molecule has 1 unspecified atom stereocenters. The van der Waals surface area contributed by atoms with Gasteiger partial charge in [-0.2, -0.15) is 5.10 Å². The minimum absolute atomic E-state index is 0.0315. The third-order valence-electron chi connectivity index (χ3n) is 4.85. The van der Waals surface area contributed by atoms with Crippen molar-refractivity contribution in [3.8, 4) is 0 Å². The highest BCUT2D eigenvalue weighted by Gasteiger charge is 2.29. The van der Waals surface area contributed by atoms with E-state index in [9.17, 15) is 0 Å². The van der Waals surface area contributed by atoms with Gasteiger partial charge in [-0.05, 0) is 12.5 Å². The molecule has 0 radical (unpaired) electrons. The average molecular weight is 324 g/mol. The van der Waals surface area contributed by atoms with E-state index in [2.05, 4.69) is 53.3 Å². The number of hydrogen-bond donors (Lipinski definition) is 0. The number of anilines is 1. The molecule has 1 atom stereocenters. The van der Waals surface area contributed by atoms with Crippen LogP contribution in [0, 0.1) is 0 Å². The smallest absolute Gasteiger partial charge is 0.154 e. The molecular weight excluding hydrogens is 300 g/mol. The zero-order valence-electron chi connectivity index (χ0n) is 14.8. The Labute approximate surface area is 142 Å². The molecule has 6 nitrogen and oxygen atoms in total. The van der Waals surface area contributed by atoms with Crippen molar-refractivity contribution in [3.05, 3.63) is 42.4 Å². The summed E-state index contributed by atoms with van der Waals surface area (Å²) in [5.74, 6) is 2.64. The van der Waals surface area contributed by atoms with Crippen LogP contribution >= 0.6 is 0 Å². The molecule has 0 saturated carbocycles. The zero-order valence-corrected chi connectivity index (χ0v) is 14.8. The molecule has 4 heterocycles. The summed E-state index contributed by atoms with van der Waals surface area (Å²) in [6.07, 6.45) is 8.77. The van der Waals surface area contributed by atoms with E-state index in [1.807, 2.05) is 29.3 Å². The molecule has 1 aliphatic heterocycles. The fraction of sp³-hybridized carbons (Fsp3) is 0.500. The largest absolute Gasteiger partial charge is 0.354 e. The molecule has 0 N–H and O–H groups in total. The number of imidazole rings is 1. The lowest BCUT2D eigenvalue weighted by molar-refractivity contribution is 0.562. The van der Waals surface area contributed by atoms with Crippen molar-refractivity contribution >= 4 is 11.3 Å². The lowest BCUT2D eigenvalue weighted by Gasteiger charge is -2.18. The average Bonchev–Trinajstić information content (AvgIpc) is 3.23. The molecule has 0 bridgehead atoms. The van der Waals surface area contributed by atoms with Crippen molar-refractivity contribution in [1.29, 1.82) is 0 Å². The predicted octanol–water partition coefficient (Wildman–Crippen LogP) is 2.75. The topological polar surface area (TPSA) is 51.2 Å². The van der Waals surface area contributed by atoms with Crippen LogP contribution < -0.4 is 4.90 Å². The maximum absolute atomic E-state index is 4.73. The molecular formula is C18H24N6. The fourth-order valence-corrected chi connectivity index (χ4v) is 3.45. The Hall–Kier alpha value is -2.37. The van der Waals surface area contributed by atoms with Crippen LogP contribution in [-0.4, -0.2) is 37.2 Å². The molecule has 126 valence electrons. The molecule has 3 aromatic rings. The van der Waals surface area contributed by atoms with Crippen LogP contribution in [0.1, 0.15) is 44.6 Å². The van der Waals surface area contributed by atoms with Crippen molar-refractivity contribution in [3.63, 3.8) is 0 Å². The van der Waals surface area contributed by atoms with E-state index in [0.29, 0.717) is 5.92 Å². The number of aryl methyl sites for hydroxylation is 1. The summed E-state index contributed by atoms with van der Waals surface area (Å²) in [6.45, 7) is 8.52. The van der Waals surface area contributed by atoms with E-state index in [0.717, 1.165) is 42.4 Å². The molecule has 0 amide bonds. The summed E-state index contributed by atoms with van der Waals surface area (Å²) in [5, 5.41) is 4.73. The second-order valence-corrected chi connectivity index (χ2v) is 7.69. The van der Waals surface area contributed by atoms with E-state index in [1.54, 1.807) is 0 Å². The second-order valence-electron chi connectivity index (χ2n) is 7.69. The SMILES string of the molecule is Cn1ccnc1C1CCN(c2nccn3nc(C(C)(C)C)cc23)C1. The maximum atomic E-state index is 4.73. The molecule has 0 aliphatic carbocycles. The van der Waals surface area contributed by atoms with Crippen LogP contribution in [0.15, 0.2) is 30.9 Å². The number of nitrogens with zero attached hydrogens (tertiary/aromatic N) is 6. The van der Waals surface area contributed by atoms with Crippen molar-refractivity contribution in [2.24, 2.45) is 7.05 Å². The lowest BCUT2D eigenvalue weighted by atomic mass is 9.92. The quantitative estimate of drug-likeness (QED) is 0.727. The van der Waals surface area contributed by atoms with Gasteiger partial charge in [-0.15, -0.1) is 0 Å². The summed E-state index contributed by atoms with van der Waals surface area (Å²) in [5.41, 5.74) is 2.21. The highest BCUT2D eigenvalue weighted by atomic mass is 15.3. The summed E-state index contributed by atoms with van der Waals surface area (Å²) in [6, 6.07) is 2.18. The van der Waals surface area contributed by atoms with Gasteiger partial charge in [-0.25, -0.2) is 14.5 Å². The molecule has 0 spiro atoms. The first-order valence-electron chi connectivity index (χ1n) is 8.50. The van der Waals surface area contributed by atoms with Gasteiger partial charge in [0.2, 0.25) is 0 Å². The Kier molecular flexibility index (Phi) is 3.37. The molecule has 0 aromatic carbocycles. The van der Waals surface area contributed by atoms with E-state index >= 15 is 0 Å². The fourth-order valence-electron chi connectivity index (χ4n) is 3.45. The zero-order chi connectivity index (χ0) is 16.9. The van der Waals surface area contributed by atoms with Crippen molar-refractivity contribution in [2.75, 3.05) is 18.0 Å². The molecule has 1 saturated heterocycles. The first-order valence-corrected chi connectivity index (χ1v) is 8.50. The van der Waals surface area contributed by atoms with Crippen LogP contribution in [0.2, 0.25) is 0 Å². The number of aromatic nitrogens is 5. The Balaban J connectivity index is 1.67. The van der Waals surface area contributed by atoms with Crippen molar-refractivity contribution in [2.45, 2.75) is 38.5 Å². The van der Waals surface area contributed by atoms with Gasteiger partial charge < -0.3 is 9.47 Å². The summed E-state index contributed by atoms with van der Waals surface area (Å²) in [4.78, 5) is 11.5. The Morgan fingerprint density at radius 2 is 1.92 bits per heavy atom. The summed E-state index contributed by atoms with van der Waals surface area (Å²) in [7, 11) is 2.07. The normalized spacial score (nSPS) is 18.7. The van der Waals surface area contributed by atoms with E-state index in [4.69, 9.17) is 5.10 Å². The molecule has 6 heteroatoms. The first-order chi connectivity index (χ1) is 11.4. The molecule has 4 rings (SSSR count). The van der Waals surface area contributed by atoms with Gasteiger partial charge in [0, 0.05) is 56.3 Å². The van der Waals surface area contributed by atoms with Crippen molar-refractivity contribution < 1.29 is 0 Å². The van der Waals surface area contributed by atoms with Gasteiger partial charge in [0.05, 0.1) is 5.69 Å². The minimum Gasteiger partial charge on any atom is -0.354 e. The predicted molar refractivity (Wildman–Crippen MR) is 94.5 cm³/mol. The standard InChI is InChI=1S/C18H24N6/c1-18(2,3)15-11-14-17(20-7-10-24(14)21-15)23-8-5-13(12-23)16-19-6-9-22(16)4/h6-7,9-11,13H,5,8,12H2,1-4H3. The van der Waals surface area contributed by atoms with E-state index in [1.165, 1.54) is 0 Å². The third-order valence-corrected chi connectivity index (χ3v) is 4.85. The molecule has 24 heavy (non-hydrogen) atoms. The van der Waals surface area contributed by atoms with Crippen molar-refractivity contribution in [1.82, 2.24) is 24.1 Å². The Morgan fingerprint density at radius 1 is 1.12 bits per heavy atom. The Morgan fingerprint density at radius 3 is 2.62 bits per heavy atom. The first kappa shape index (κ1) is 15.2. The van der Waals surface area contributed by atoms with E-state index < -0.39 is 0 Å². The van der Waals surface area contributed by atoms with Gasteiger partial charge in [0.1, 0.15) is 11.3 Å². The van der Waals surface area contributed by atoms with Gasteiger partial charge in [0.15, 0.2) is 5.82 Å². The van der Waals surface area contributed by atoms with Crippen LogP contribution in [0.5, 0.6) is 0 Å². The van der Waals surface area contributed by atoms with Crippen LogP contribution in [0.25, 0.3) is 5.52 Å². The molecule has 1 aliphatic rings. The lowest BCUT2D eigenvalue weighted by Crippen LogP contribution is -2.21. The van der Waals surface area contributed by atoms with Gasteiger partial charge in [-0.3, -0.25) is 0 Å². The minimum atomic E-state index is 0.0315. The van der Waals surface area contributed by atoms with Crippen LogP contribution in [0.4, 0.5) is 5.82 Å². The maximum Gasteiger partial charge on any atom is 0.154 e. The summed E-state index contributed by atoms with van der Waals surface area (Å²) < 4.78 is 4.08. The highest BCUT2D eigenvalue weighted by Crippen LogP contribution is 2.32. The van der Waals surface area contributed by atoms with Crippen LogP contribution in [0.3, 0.4) is 0 Å². The monoisotopic (exact) mass is 324 g/mol. The molecule has 3 aromatic heterocycles. The third kappa shape index (κ3) is 2.46. The van der Waals surface area contributed by atoms with E-state index in [-0.39, 0.29) is 5.41 Å².